The number of aromatic nitrogens is 1. The number of carbonyl (C=O) groups is 2. The third kappa shape index (κ3) is 6.06. The van der Waals surface area contributed by atoms with E-state index in [4.69, 9.17) is 9.47 Å². The number of fused-ring (bicyclic) bond motifs is 3. The first kappa shape index (κ1) is 29.5. The van der Waals surface area contributed by atoms with Gasteiger partial charge in [-0.1, -0.05) is 55.7 Å². The van der Waals surface area contributed by atoms with Crippen molar-refractivity contribution in [3.05, 3.63) is 101 Å². The number of phenols is 1. The van der Waals surface area contributed by atoms with Gasteiger partial charge in [-0.3, -0.25) is 19.5 Å². The Kier molecular flexibility index (Phi) is 8.53. The molecule has 4 atom stereocenters. The molecule has 0 spiro atoms. The van der Waals surface area contributed by atoms with Gasteiger partial charge >= 0.3 is 0 Å². The van der Waals surface area contributed by atoms with Gasteiger partial charge in [-0.2, -0.15) is 0 Å². The number of hydrogen-bond acceptors (Lipinski definition) is 6. The predicted molar refractivity (Wildman–Crippen MR) is 172 cm³/mol. The summed E-state index contributed by atoms with van der Waals surface area (Å²) in [6, 6.07) is 22.9. The van der Waals surface area contributed by atoms with Gasteiger partial charge < -0.3 is 14.6 Å². The van der Waals surface area contributed by atoms with E-state index in [1.54, 1.807) is 23.2 Å². The molecule has 45 heavy (non-hydrogen) atoms. The third-order valence-corrected chi connectivity index (χ3v) is 10.0. The van der Waals surface area contributed by atoms with Crippen LogP contribution in [-0.2, 0) is 14.3 Å². The minimum Gasteiger partial charge on any atom is -0.508 e. The van der Waals surface area contributed by atoms with E-state index in [-0.39, 0.29) is 47.5 Å². The Labute approximate surface area is 264 Å². The molecule has 2 aromatic carbocycles. The van der Waals surface area contributed by atoms with Gasteiger partial charge in [0.2, 0.25) is 11.8 Å². The lowest BCUT2D eigenvalue weighted by atomic mass is 9.69. The molecule has 1 saturated carbocycles. The molecule has 2 amide bonds. The van der Waals surface area contributed by atoms with E-state index in [2.05, 4.69) is 11.1 Å². The standard InChI is InChI=1S/C38H40N2O5/c41-29-13-9-10-25(21-29)20-26(33-16-7-8-19-39-33)17-18-34-35-27(23-44-30-14-5-2-6-15-30)22-31-36(32(35)24-45-34)38(43)40(37(31)42)28-11-3-1-4-12-28/h2,5-10,13-16,19-21,28,31-32,34,36,41H,1,3-4,11-12,17-18,22-24H2/b26-20-/t31-,32+,34-,36-/m1/s1. The van der Waals surface area contributed by atoms with Crippen molar-refractivity contribution in [3.8, 4) is 11.5 Å². The Balaban J connectivity index is 1.18. The molecule has 3 heterocycles. The Morgan fingerprint density at radius 3 is 2.56 bits per heavy atom. The van der Waals surface area contributed by atoms with Gasteiger partial charge in [0.15, 0.2) is 0 Å². The highest BCUT2D eigenvalue weighted by atomic mass is 16.5. The number of nitrogens with zero attached hydrogens (tertiary/aromatic N) is 2. The van der Waals surface area contributed by atoms with Crippen molar-refractivity contribution in [1.82, 2.24) is 9.88 Å². The molecule has 1 N–H and O–H groups in total. The van der Waals surface area contributed by atoms with E-state index in [1.807, 2.05) is 60.7 Å². The summed E-state index contributed by atoms with van der Waals surface area (Å²) in [6.45, 7) is 0.804. The number of aromatic hydroxyl groups is 1. The minimum atomic E-state index is -0.363. The first-order valence-electron chi connectivity index (χ1n) is 16.4. The SMILES string of the molecule is O=C1[C@@H]2[C@@H](CC(COc3ccccc3)=C3[C@@H](CC/C(=C/c4cccc(O)c4)c4ccccn4)OC[C@@H]32)C(=O)N1C1CCCCC1. The summed E-state index contributed by atoms with van der Waals surface area (Å²) in [5, 5.41) is 10.1. The molecule has 4 aliphatic rings. The van der Waals surface area contributed by atoms with Gasteiger partial charge in [-0.05, 0) is 96.9 Å². The molecule has 0 radical (unpaired) electrons. The predicted octanol–water partition coefficient (Wildman–Crippen LogP) is 6.84. The molecule has 232 valence electrons. The quantitative estimate of drug-likeness (QED) is 0.213. The number of benzene rings is 2. The summed E-state index contributed by atoms with van der Waals surface area (Å²) in [6.07, 6.45) is 10.7. The van der Waals surface area contributed by atoms with Crippen LogP contribution in [-0.4, -0.2) is 52.2 Å². The van der Waals surface area contributed by atoms with Crippen molar-refractivity contribution in [2.24, 2.45) is 17.8 Å². The van der Waals surface area contributed by atoms with Gasteiger partial charge in [0.25, 0.3) is 0 Å². The Bertz CT molecular complexity index is 1590. The fourth-order valence-corrected chi connectivity index (χ4v) is 7.95. The van der Waals surface area contributed by atoms with Crippen LogP contribution < -0.4 is 4.74 Å². The number of para-hydroxylation sites is 1. The van der Waals surface area contributed by atoms with Crippen LogP contribution in [0.2, 0.25) is 0 Å². The largest absolute Gasteiger partial charge is 0.508 e. The molecular weight excluding hydrogens is 564 g/mol. The maximum atomic E-state index is 14.0. The Morgan fingerprint density at radius 1 is 0.956 bits per heavy atom. The van der Waals surface area contributed by atoms with Crippen LogP contribution in [0.15, 0.2) is 90.1 Å². The number of allylic oxidation sites excluding steroid dienone is 1. The molecular formula is C38H40N2O5. The molecule has 0 bridgehead atoms. The molecule has 2 saturated heterocycles. The van der Waals surface area contributed by atoms with Gasteiger partial charge in [-0.15, -0.1) is 0 Å². The summed E-state index contributed by atoms with van der Waals surface area (Å²) in [7, 11) is 0. The number of phenolic OH excluding ortho intramolecular Hbond substituents is 1. The van der Waals surface area contributed by atoms with Crippen LogP contribution in [0, 0.1) is 17.8 Å². The van der Waals surface area contributed by atoms with Crippen LogP contribution in [0.3, 0.4) is 0 Å². The van der Waals surface area contributed by atoms with Crippen LogP contribution in [0.25, 0.3) is 11.6 Å². The molecule has 7 nitrogen and oxygen atoms in total. The number of amides is 2. The van der Waals surface area contributed by atoms with E-state index < -0.39 is 0 Å². The van der Waals surface area contributed by atoms with E-state index in [0.29, 0.717) is 32.5 Å². The number of hydrogen-bond donors (Lipinski definition) is 1. The number of ether oxygens (including phenoxy) is 2. The summed E-state index contributed by atoms with van der Waals surface area (Å²) in [4.78, 5) is 34.2. The van der Waals surface area contributed by atoms with Crippen LogP contribution >= 0.6 is 0 Å². The normalized spacial score (nSPS) is 25.4. The summed E-state index contributed by atoms with van der Waals surface area (Å²) >= 11 is 0. The lowest BCUT2D eigenvalue weighted by molar-refractivity contribution is -0.143. The fraction of sp³-hybridized carbons (Fsp3) is 0.395. The van der Waals surface area contributed by atoms with Crippen LogP contribution in [0.5, 0.6) is 11.5 Å². The van der Waals surface area contributed by atoms with Crippen molar-refractivity contribution in [3.63, 3.8) is 0 Å². The second kappa shape index (κ2) is 13.0. The molecule has 3 fully saturated rings. The number of likely N-dealkylation sites (tertiary alicyclic amines) is 1. The third-order valence-electron chi connectivity index (χ3n) is 10.0. The van der Waals surface area contributed by atoms with Crippen molar-refractivity contribution in [1.29, 1.82) is 0 Å². The van der Waals surface area contributed by atoms with Gasteiger partial charge in [0, 0.05) is 18.2 Å². The molecule has 2 aliphatic carbocycles. The fourth-order valence-electron chi connectivity index (χ4n) is 7.95. The number of pyridine rings is 1. The minimum absolute atomic E-state index is 0.00287. The maximum absolute atomic E-state index is 14.0. The smallest absolute Gasteiger partial charge is 0.234 e. The van der Waals surface area contributed by atoms with Crippen molar-refractivity contribution in [2.75, 3.05) is 13.2 Å². The van der Waals surface area contributed by atoms with Crippen LogP contribution in [0.1, 0.15) is 62.6 Å². The monoisotopic (exact) mass is 604 g/mol. The molecule has 1 aromatic heterocycles. The lowest BCUT2D eigenvalue weighted by Gasteiger charge is -2.32. The molecule has 7 rings (SSSR count). The lowest BCUT2D eigenvalue weighted by Crippen LogP contribution is -2.42. The molecule has 7 heteroatoms. The summed E-state index contributed by atoms with van der Waals surface area (Å²) < 4.78 is 12.8. The molecule has 3 aromatic rings. The van der Waals surface area contributed by atoms with Gasteiger partial charge in [0.05, 0.1) is 30.2 Å². The van der Waals surface area contributed by atoms with E-state index in [9.17, 15) is 14.7 Å². The highest BCUT2D eigenvalue weighted by Crippen LogP contribution is 2.51. The van der Waals surface area contributed by atoms with E-state index in [1.165, 1.54) is 6.42 Å². The number of carbonyl (C=O) groups excluding carboxylic acids is 2. The summed E-state index contributed by atoms with van der Waals surface area (Å²) in [5.74, 6) is 0.171. The summed E-state index contributed by atoms with van der Waals surface area (Å²) in [5.41, 5.74) is 5.06. The number of imide groups is 1. The van der Waals surface area contributed by atoms with E-state index >= 15 is 0 Å². The topological polar surface area (TPSA) is 89.0 Å². The molecule has 2 aliphatic heterocycles. The highest BCUT2D eigenvalue weighted by Gasteiger charge is 2.58. The van der Waals surface area contributed by atoms with Gasteiger partial charge in [-0.25, -0.2) is 0 Å². The van der Waals surface area contributed by atoms with Crippen molar-refractivity contribution >= 4 is 23.5 Å². The first-order chi connectivity index (χ1) is 22.1. The van der Waals surface area contributed by atoms with Crippen LogP contribution in [0.4, 0.5) is 0 Å². The second-order valence-electron chi connectivity index (χ2n) is 12.8. The maximum Gasteiger partial charge on any atom is 0.234 e. The average molecular weight is 605 g/mol. The average Bonchev–Trinajstić information content (AvgIpc) is 3.61. The zero-order valence-corrected chi connectivity index (χ0v) is 25.5. The number of rotatable bonds is 9. The van der Waals surface area contributed by atoms with Crippen molar-refractivity contribution in [2.45, 2.75) is 63.5 Å². The van der Waals surface area contributed by atoms with E-state index in [0.717, 1.165) is 59.4 Å². The molecule has 0 unspecified atom stereocenters. The highest BCUT2D eigenvalue weighted by molar-refractivity contribution is 6.06. The Hall–Kier alpha value is -4.23. The first-order valence-corrected chi connectivity index (χ1v) is 16.4. The van der Waals surface area contributed by atoms with Crippen molar-refractivity contribution < 1.29 is 24.2 Å². The second-order valence-corrected chi connectivity index (χ2v) is 12.8. The van der Waals surface area contributed by atoms with Gasteiger partial charge in [0.1, 0.15) is 18.1 Å². The zero-order valence-electron chi connectivity index (χ0n) is 25.5. The Morgan fingerprint density at radius 2 is 1.78 bits per heavy atom. The zero-order chi connectivity index (χ0) is 30.8.